The second-order valence-electron chi connectivity index (χ2n) is 6.94. The van der Waals surface area contributed by atoms with E-state index >= 15 is 0 Å². The van der Waals surface area contributed by atoms with Gasteiger partial charge in [-0.2, -0.15) is 4.98 Å². The average Bonchev–Trinajstić information content (AvgIpc) is 2.69. The molecule has 1 fully saturated rings. The van der Waals surface area contributed by atoms with Gasteiger partial charge in [0.25, 0.3) is 0 Å². The maximum atomic E-state index is 6.11. The van der Waals surface area contributed by atoms with E-state index in [9.17, 15) is 0 Å². The first-order valence-corrected chi connectivity index (χ1v) is 9.88. The van der Waals surface area contributed by atoms with Crippen LogP contribution in [0.4, 0.5) is 17.5 Å². The maximum absolute atomic E-state index is 6.11. The van der Waals surface area contributed by atoms with Gasteiger partial charge in [-0.15, -0.1) is 0 Å². The molecular weight excluding hydrogens is 356 g/mol. The minimum absolute atomic E-state index is 0.448. The molecule has 0 bridgehead atoms. The van der Waals surface area contributed by atoms with Crippen LogP contribution in [0.15, 0.2) is 60.7 Å². The number of aromatic nitrogens is 2. The Morgan fingerprint density at radius 1 is 0.852 bits per heavy atom. The van der Waals surface area contributed by atoms with Gasteiger partial charge in [-0.25, -0.2) is 4.98 Å². The van der Waals surface area contributed by atoms with Gasteiger partial charge in [0.05, 0.1) is 5.69 Å². The van der Waals surface area contributed by atoms with Gasteiger partial charge >= 0.3 is 0 Å². The van der Waals surface area contributed by atoms with Gasteiger partial charge < -0.3 is 10.6 Å². The van der Waals surface area contributed by atoms with Crippen molar-refractivity contribution < 1.29 is 0 Å². The van der Waals surface area contributed by atoms with Crippen molar-refractivity contribution in [3.63, 3.8) is 0 Å². The highest BCUT2D eigenvalue weighted by Crippen LogP contribution is 2.26. The van der Waals surface area contributed by atoms with Crippen LogP contribution < -0.4 is 10.6 Å². The molecule has 0 aliphatic heterocycles. The number of hydrogen-bond acceptors (Lipinski definition) is 4. The Labute approximate surface area is 165 Å². The summed E-state index contributed by atoms with van der Waals surface area (Å²) in [6, 6.07) is 20.3. The average molecular weight is 379 g/mol. The summed E-state index contributed by atoms with van der Waals surface area (Å²) in [5, 5.41) is 7.59. The first kappa shape index (κ1) is 17.8. The first-order valence-electron chi connectivity index (χ1n) is 9.50. The number of benzene rings is 2. The summed E-state index contributed by atoms with van der Waals surface area (Å²) in [7, 11) is 0. The predicted molar refractivity (Wildman–Crippen MR) is 113 cm³/mol. The minimum Gasteiger partial charge on any atom is -0.351 e. The van der Waals surface area contributed by atoms with Crippen molar-refractivity contribution in [3.8, 4) is 11.3 Å². The second kappa shape index (κ2) is 8.40. The molecule has 0 atom stereocenters. The lowest BCUT2D eigenvalue weighted by Gasteiger charge is -2.23. The molecule has 0 saturated heterocycles. The Bertz CT molecular complexity index is 892. The van der Waals surface area contributed by atoms with Crippen molar-refractivity contribution >= 4 is 29.1 Å². The predicted octanol–water partition coefficient (Wildman–Crippen LogP) is 6.29. The van der Waals surface area contributed by atoms with E-state index in [0.717, 1.165) is 22.8 Å². The molecule has 1 aliphatic carbocycles. The third kappa shape index (κ3) is 4.77. The van der Waals surface area contributed by atoms with E-state index in [4.69, 9.17) is 21.6 Å². The summed E-state index contributed by atoms with van der Waals surface area (Å²) in [5.41, 5.74) is 2.87. The molecule has 2 N–H and O–H groups in total. The number of nitrogens with zero attached hydrogens (tertiary/aromatic N) is 2. The van der Waals surface area contributed by atoms with Crippen LogP contribution in [-0.4, -0.2) is 16.0 Å². The normalized spacial score (nSPS) is 14.7. The standard InChI is InChI=1S/C22H23ClN4/c23-17-10-7-13-19(14-17)24-21-15-20(16-8-3-1-4-9-16)26-22(27-21)25-18-11-5-2-6-12-18/h1,3-4,7-10,13-15,18H,2,5-6,11-12H2,(H2,24,25,26,27). The first-order chi connectivity index (χ1) is 13.3. The van der Waals surface area contributed by atoms with E-state index < -0.39 is 0 Å². The molecule has 1 saturated carbocycles. The highest BCUT2D eigenvalue weighted by molar-refractivity contribution is 6.30. The van der Waals surface area contributed by atoms with Crippen LogP contribution in [0.1, 0.15) is 32.1 Å². The number of halogens is 1. The lowest BCUT2D eigenvalue weighted by molar-refractivity contribution is 0.461. The number of anilines is 3. The van der Waals surface area contributed by atoms with Crippen LogP contribution in [0.2, 0.25) is 5.02 Å². The van der Waals surface area contributed by atoms with Crippen LogP contribution in [0.5, 0.6) is 0 Å². The van der Waals surface area contributed by atoms with Crippen molar-refractivity contribution in [2.75, 3.05) is 10.6 Å². The van der Waals surface area contributed by atoms with E-state index in [1.54, 1.807) is 0 Å². The summed E-state index contributed by atoms with van der Waals surface area (Å²) in [4.78, 5) is 9.47. The van der Waals surface area contributed by atoms with Crippen LogP contribution in [0, 0.1) is 0 Å². The molecule has 27 heavy (non-hydrogen) atoms. The molecule has 3 aromatic rings. The molecule has 0 spiro atoms. The quantitative estimate of drug-likeness (QED) is 0.548. The summed E-state index contributed by atoms with van der Waals surface area (Å²) in [5.74, 6) is 1.43. The zero-order valence-corrected chi connectivity index (χ0v) is 15.9. The van der Waals surface area contributed by atoms with Crippen LogP contribution in [-0.2, 0) is 0 Å². The molecule has 138 valence electrons. The van der Waals surface area contributed by atoms with Gasteiger partial charge in [0, 0.05) is 28.4 Å². The molecule has 1 aromatic heterocycles. The SMILES string of the molecule is Clc1cccc(Nc2cc(-c3ccccc3)nc(NC3CCCCC3)n2)c1. The monoisotopic (exact) mass is 378 g/mol. The van der Waals surface area contributed by atoms with Crippen molar-refractivity contribution in [2.45, 2.75) is 38.1 Å². The highest BCUT2D eigenvalue weighted by atomic mass is 35.5. The van der Waals surface area contributed by atoms with E-state index in [1.807, 2.05) is 48.5 Å². The minimum atomic E-state index is 0.448. The molecular formula is C22H23ClN4. The Hall–Kier alpha value is -2.59. The van der Waals surface area contributed by atoms with Crippen LogP contribution >= 0.6 is 11.6 Å². The van der Waals surface area contributed by atoms with Gasteiger partial charge in [0.1, 0.15) is 5.82 Å². The van der Waals surface area contributed by atoms with E-state index in [2.05, 4.69) is 22.8 Å². The Morgan fingerprint density at radius 3 is 2.44 bits per heavy atom. The summed E-state index contributed by atoms with van der Waals surface area (Å²) >= 11 is 6.11. The number of nitrogens with one attached hydrogen (secondary N) is 2. The summed E-state index contributed by atoms with van der Waals surface area (Å²) in [6.07, 6.45) is 6.21. The Kier molecular flexibility index (Phi) is 5.54. The van der Waals surface area contributed by atoms with Crippen LogP contribution in [0.25, 0.3) is 11.3 Å². The fourth-order valence-electron chi connectivity index (χ4n) is 3.48. The van der Waals surface area contributed by atoms with Gasteiger partial charge in [0.15, 0.2) is 0 Å². The third-order valence-corrected chi connectivity index (χ3v) is 5.07. The molecule has 2 aromatic carbocycles. The van der Waals surface area contributed by atoms with Crippen molar-refractivity contribution in [2.24, 2.45) is 0 Å². The highest BCUT2D eigenvalue weighted by Gasteiger charge is 2.15. The number of hydrogen-bond donors (Lipinski definition) is 2. The molecule has 0 unspecified atom stereocenters. The fraction of sp³-hybridized carbons (Fsp3) is 0.273. The van der Waals surface area contributed by atoms with E-state index in [-0.39, 0.29) is 0 Å². The molecule has 5 heteroatoms. The molecule has 1 aliphatic rings. The van der Waals surface area contributed by atoms with Crippen molar-refractivity contribution in [1.82, 2.24) is 9.97 Å². The van der Waals surface area contributed by atoms with Gasteiger partial charge in [0.2, 0.25) is 5.95 Å². The molecule has 1 heterocycles. The molecule has 4 nitrogen and oxygen atoms in total. The lowest BCUT2D eigenvalue weighted by Crippen LogP contribution is -2.23. The smallest absolute Gasteiger partial charge is 0.225 e. The number of rotatable bonds is 5. The fourth-order valence-corrected chi connectivity index (χ4v) is 3.67. The molecule has 4 rings (SSSR count). The molecule has 0 radical (unpaired) electrons. The Balaban J connectivity index is 1.65. The summed E-state index contributed by atoms with van der Waals surface area (Å²) < 4.78 is 0. The van der Waals surface area contributed by atoms with Gasteiger partial charge in [-0.05, 0) is 31.0 Å². The maximum Gasteiger partial charge on any atom is 0.225 e. The third-order valence-electron chi connectivity index (χ3n) is 4.83. The van der Waals surface area contributed by atoms with Gasteiger partial charge in [-0.3, -0.25) is 0 Å². The zero-order chi connectivity index (χ0) is 18.5. The van der Waals surface area contributed by atoms with Gasteiger partial charge in [-0.1, -0.05) is 67.3 Å². The topological polar surface area (TPSA) is 49.8 Å². The Morgan fingerprint density at radius 2 is 1.67 bits per heavy atom. The largest absolute Gasteiger partial charge is 0.351 e. The van der Waals surface area contributed by atoms with E-state index in [1.165, 1.54) is 32.1 Å². The van der Waals surface area contributed by atoms with E-state index in [0.29, 0.717) is 17.0 Å². The molecule has 0 amide bonds. The lowest BCUT2D eigenvalue weighted by atomic mass is 9.96. The van der Waals surface area contributed by atoms with Crippen LogP contribution in [0.3, 0.4) is 0 Å². The van der Waals surface area contributed by atoms with Crippen molar-refractivity contribution in [1.29, 1.82) is 0 Å². The second-order valence-corrected chi connectivity index (χ2v) is 7.38. The summed E-state index contributed by atoms with van der Waals surface area (Å²) in [6.45, 7) is 0. The van der Waals surface area contributed by atoms with Crippen molar-refractivity contribution in [3.05, 3.63) is 65.7 Å². The zero-order valence-electron chi connectivity index (χ0n) is 15.2.